The average molecular weight is 248 g/mol. The first kappa shape index (κ1) is 13.5. The number of aliphatic hydroxyl groups excluding tert-OH is 1. The van der Waals surface area contributed by atoms with Crippen molar-refractivity contribution in [2.45, 2.75) is 20.0 Å². The fourth-order valence-electron chi connectivity index (χ4n) is 1.32. The Morgan fingerprint density at radius 3 is 2.50 bits per heavy atom. The Labute approximate surface area is 94.9 Å². The van der Waals surface area contributed by atoms with E-state index in [0.717, 1.165) is 0 Å². The summed E-state index contributed by atoms with van der Waals surface area (Å²) in [7, 11) is -3.23. The van der Waals surface area contributed by atoms with Crippen LogP contribution in [0.1, 0.15) is 25.7 Å². The molecule has 1 aromatic heterocycles. The van der Waals surface area contributed by atoms with Crippen LogP contribution >= 0.6 is 7.60 Å². The lowest BCUT2D eigenvalue weighted by molar-refractivity contribution is 0.151. The van der Waals surface area contributed by atoms with Gasteiger partial charge in [0.15, 0.2) is 0 Å². The number of furan rings is 1. The summed E-state index contributed by atoms with van der Waals surface area (Å²) >= 11 is 0. The molecule has 0 aliphatic carbocycles. The highest BCUT2D eigenvalue weighted by atomic mass is 31.2. The Kier molecular flexibility index (Phi) is 5.22. The second-order valence-corrected chi connectivity index (χ2v) is 5.26. The number of hydrogen-bond acceptors (Lipinski definition) is 5. The van der Waals surface area contributed by atoms with E-state index in [9.17, 15) is 9.67 Å². The van der Waals surface area contributed by atoms with Crippen LogP contribution in [-0.2, 0) is 13.6 Å². The molecule has 5 nitrogen and oxygen atoms in total. The summed E-state index contributed by atoms with van der Waals surface area (Å²) in [6.45, 7) is 4.01. The van der Waals surface area contributed by atoms with Gasteiger partial charge in [0, 0.05) is 0 Å². The third kappa shape index (κ3) is 3.76. The number of aliphatic hydroxyl groups is 1. The smallest absolute Gasteiger partial charge is 0.333 e. The second-order valence-electron chi connectivity index (χ2n) is 3.16. The van der Waals surface area contributed by atoms with Crippen LogP contribution in [0.3, 0.4) is 0 Å². The van der Waals surface area contributed by atoms with Gasteiger partial charge in [0.25, 0.3) is 0 Å². The molecule has 0 fully saturated rings. The molecule has 0 radical (unpaired) electrons. The van der Waals surface area contributed by atoms with Crippen LogP contribution in [0.5, 0.6) is 0 Å². The molecule has 1 atom stereocenters. The summed E-state index contributed by atoms with van der Waals surface area (Å²) in [6, 6.07) is 3.28. The molecule has 1 heterocycles. The minimum atomic E-state index is -3.23. The normalized spacial score (nSPS) is 13.9. The molecule has 1 rings (SSSR count). The van der Waals surface area contributed by atoms with E-state index in [1.165, 1.54) is 6.26 Å². The topological polar surface area (TPSA) is 68.9 Å². The van der Waals surface area contributed by atoms with Gasteiger partial charge in [0.2, 0.25) is 0 Å². The van der Waals surface area contributed by atoms with Crippen LogP contribution < -0.4 is 0 Å². The predicted molar refractivity (Wildman–Crippen MR) is 59.4 cm³/mol. The second kappa shape index (κ2) is 6.21. The molecule has 6 heteroatoms. The van der Waals surface area contributed by atoms with Crippen LogP contribution in [0.25, 0.3) is 0 Å². The Bertz CT molecular complexity index is 325. The Hall–Kier alpha value is -0.610. The zero-order valence-corrected chi connectivity index (χ0v) is 10.4. The zero-order chi connectivity index (χ0) is 12.0. The molecule has 0 saturated carbocycles. The van der Waals surface area contributed by atoms with Crippen molar-refractivity contribution in [3.63, 3.8) is 0 Å². The molecule has 0 saturated heterocycles. The van der Waals surface area contributed by atoms with Crippen LogP contribution in [0, 0.1) is 0 Å². The Morgan fingerprint density at radius 2 is 2.06 bits per heavy atom. The largest absolute Gasteiger partial charge is 0.467 e. The average Bonchev–Trinajstić information content (AvgIpc) is 2.70. The summed E-state index contributed by atoms with van der Waals surface area (Å²) < 4.78 is 27.2. The molecule has 1 aromatic rings. The lowest BCUT2D eigenvalue weighted by Gasteiger charge is -2.18. The van der Waals surface area contributed by atoms with Gasteiger partial charge in [-0.3, -0.25) is 4.57 Å². The molecular formula is C10H17O5P. The van der Waals surface area contributed by atoms with E-state index < -0.39 is 13.7 Å². The van der Waals surface area contributed by atoms with Gasteiger partial charge in [-0.15, -0.1) is 0 Å². The van der Waals surface area contributed by atoms with Gasteiger partial charge >= 0.3 is 7.60 Å². The standard InChI is InChI=1S/C10H17O5P/c1-3-14-16(12,15-4-2)8-9(11)10-6-5-7-13-10/h5-7,9,11H,3-4,8H2,1-2H3. The summed E-state index contributed by atoms with van der Waals surface area (Å²) in [5.74, 6) is 0.361. The van der Waals surface area contributed by atoms with Gasteiger partial charge in [-0.2, -0.15) is 0 Å². The molecule has 0 spiro atoms. The van der Waals surface area contributed by atoms with Crippen LogP contribution in [0.4, 0.5) is 0 Å². The van der Waals surface area contributed by atoms with Gasteiger partial charge in [0.1, 0.15) is 11.9 Å². The summed E-state index contributed by atoms with van der Waals surface area (Å²) in [5, 5.41) is 9.77. The van der Waals surface area contributed by atoms with Gasteiger partial charge in [-0.25, -0.2) is 0 Å². The molecule has 1 unspecified atom stereocenters. The SMILES string of the molecule is CCOP(=O)(CC(O)c1ccco1)OCC. The third-order valence-corrected chi connectivity index (χ3v) is 4.02. The van der Waals surface area contributed by atoms with E-state index in [1.807, 2.05) is 0 Å². The van der Waals surface area contributed by atoms with E-state index in [-0.39, 0.29) is 19.4 Å². The van der Waals surface area contributed by atoms with Crippen molar-refractivity contribution >= 4 is 7.60 Å². The first-order valence-corrected chi connectivity index (χ1v) is 6.93. The summed E-state index contributed by atoms with van der Waals surface area (Å²) in [6.07, 6.45) is 0.381. The van der Waals surface area contributed by atoms with E-state index in [4.69, 9.17) is 13.5 Å². The first-order chi connectivity index (χ1) is 7.61. The van der Waals surface area contributed by atoms with Crippen molar-refractivity contribution < 1.29 is 23.1 Å². The van der Waals surface area contributed by atoms with Crippen LogP contribution in [-0.4, -0.2) is 24.5 Å². The summed E-state index contributed by atoms with van der Waals surface area (Å²) in [5.41, 5.74) is 0. The van der Waals surface area contributed by atoms with Crippen molar-refractivity contribution in [1.82, 2.24) is 0 Å². The molecule has 92 valence electrons. The highest BCUT2D eigenvalue weighted by Gasteiger charge is 2.29. The Morgan fingerprint density at radius 1 is 1.44 bits per heavy atom. The molecular weight excluding hydrogens is 231 g/mol. The van der Waals surface area contributed by atoms with E-state index >= 15 is 0 Å². The molecule has 1 N–H and O–H groups in total. The molecule has 0 bridgehead atoms. The molecule has 0 amide bonds. The predicted octanol–water partition coefficient (Wildman–Crippen LogP) is 2.58. The van der Waals surface area contributed by atoms with E-state index in [2.05, 4.69) is 0 Å². The van der Waals surface area contributed by atoms with Gasteiger partial charge < -0.3 is 18.6 Å². The minimum Gasteiger partial charge on any atom is -0.467 e. The maximum absolute atomic E-state index is 12.1. The monoisotopic (exact) mass is 248 g/mol. The van der Waals surface area contributed by atoms with E-state index in [1.54, 1.807) is 26.0 Å². The zero-order valence-electron chi connectivity index (χ0n) is 9.46. The summed E-state index contributed by atoms with van der Waals surface area (Å²) in [4.78, 5) is 0. The quantitative estimate of drug-likeness (QED) is 0.751. The maximum atomic E-state index is 12.1. The molecule has 0 aliphatic rings. The van der Waals surface area contributed by atoms with Crippen LogP contribution in [0.15, 0.2) is 22.8 Å². The molecule has 16 heavy (non-hydrogen) atoms. The van der Waals surface area contributed by atoms with Gasteiger partial charge in [-0.05, 0) is 26.0 Å². The highest BCUT2D eigenvalue weighted by Crippen LogP contribution is 2.50. The van der Waals surface area contributed by atoms with Gasteiger partial charge in [-0.1, -0.05) is 0 Å². The maximum Gasteiger partial charge on any atom is 0.333 e. The van der Waals surface area contributed by atoms with Crippen molar-refractivity contribution in [2.75, 3.05) is 19.4 Å². The van der Waals surface area contributed by atoms with Crippen molar-refractivity contribution in [1.29, 1.82) is 0 Å². The lowest BCUT2D eigenvalue weighted by atomic mass is 10.3. The van der Waals surface area contributed by atoms with Gasteiger partial charge in [0.05, 0.1) is 25.6 Å². The Balaban J connectivity index is 2.64. The molecule has 0 aromatic carbocycles. The minimum absolute atomic E-state index is 0.0950. The number of hydrogen-bond donors (Lipinski definition) is 1. The van der Waals surface area contributed by atoms with E-state index in [0.29, 0.717) is 5.76 Å². The number of rotatable bonds is 7. The highest BCUT2D eigenvalue weighted by molar-refractivity contribution is 7.53. The van der Waals surface area contributed by atoms with Crippen LogP contribution in [0.2, 0.25) is 0 Å². The van der Waals surface area contributed by atoms with Crippen molar-refractivity contribution in [3.05, 3.63) is 24.2 Å². The van der Waals surface area contributed by atoms with Crippen molar-refractivity contribution in [2.24, 2.45) is 0 Å². The fourth-order valence-corrected chi connectivity index (χ4v) is 2.99. The molecule has 0 aliphatic heterocycles. The first-order valence-electron chi connectivity index (χ1n) is 5.21. The third-order valence-electron chi connectivity index (χ3n) is 1.92. The lowest BCUT2D eigenvalue weighted by Crippen LogP contribution is -2.08. The fraction of sp³-hybridized carbons (Fsp3) is 0.600. The van der Waals surface area contributed by atoms with Crippen molar-refractivity contribution in [3.8, 4) is 0 Å².